The van der Waals surface area contributed by atoms with Crippen molar-refractivity contribution in [1.82, 2.24) is 9.88 Å². The molecule has 1 aromatic heterocycles. The Bertz CT molecular complexity index is 1360. The van der Waals surface area contributed by atoms with Gasteiger partial charge in [0.2, 0.25) is 0 Å². The van der Waals surface area contributed by atoms with E-state index in [2.05, 4.69) is 21.3 Å². The number of halogens is 3. The molecule has 5 rings (SSSR count). The van der Waals surface area contributed by atoms with Gasteiger partial charge >= 0.3 is 6.18 Å². The van der Waals surface area contributed by atoms with Gasteiger partial charge in [0.05, 0.1) is 11.1 Å². The third-order valence-electron chi connectivity index (χ3n) is 6.18. The van der Waals surface area contributed by atoms with Crippen LogP contribution < -0.4 is 5.32 Å². The van der Waals surface area contributed by atoms with Gasteiger partial charge in [-0.25, -0.2) is 0 Å². The van der Waals surface area contributed by atoms with Gasteiger partial charge in [-0.3, -0.25) is 14.7 Å². The Morgan fingerprint density at radius 2 is 1.82 bits per heavy atom. The number of hydrogen-bond donors (Lipinski definition) is 1. The second-order valence-corrected chi connectivity index (χ2v) is 8.42. The molecule has 3 aromatic carbocycles. The number of benzene rings is 3. The van der Waals surface area contributed by atoms with Crippen molar-refractivity contribution in [1.29, 1.82) is 0 Å². The molecule has 0 unspecified atom stereocenters. The number of nitrogens with one attached hydrogen (secondary N) is 1. The SMILES string of the molecule is O=C(Nc1cccc2c1CCN(Cc1ccnc3ccccc13)C2)c1cccc(C(F)(F)F)c1. The van der Waals surface area contributed by atoms with E-state index in [0.717, 1.165) is 60.2 Å². The summed E-state index contributed by atoms with van der Waals surface area (Å²) in [6, 6.07) is 20.3. The van der Waals surface area contributed by atoms with Crippen LogP contribution in [0.25, 0.3) is 10.9 Å². The lowest BCUT2D eigenvalue weighted by Gasteiger charge is -2.30. The average molecular weight is 461 g/mol. The van der Waals surface area contributed by atoms with Crippen molar-refractivity contribution in [3.8, 4) is 0 Å². The van der Waals surface area contributed by atoms with Gasteiger partial charge in [-0.05, 0) is 59.5 Å². The van der Waals surface area contributed by atoms with Gasteiger partial charge in [0.25, 0.3) is 5.91 Å². The fraction of sp³-hybridized carbons (Fsp3) is 0.185. The summed E-state index contributed by atoms with van der Waals surface area (Å²) in [5.41, 5.74) is 4.10. The van der Waals surface area contributed by atoms with Crippen LogP contribution in [0, 0.1) is 0 Å². The summed E-state index contributed by atoms with van der Waals surface area (Å²) in [5.74, 6) is -0.551. The molecule has 1 aliphatic rings. The number of amides is 1. The first-order valence-electron chi connectivity index (χ1n) is 11.0. The first kappa shape index (κ1) is 22.1. The first-order valence-corrected chi connectivity index (χ1v) is 11.0. The van der Waals surface area contributed by atoms with Gasteiger partial charge in [-0.15, -0.1) is 0 Å². The van der Waals surface area contributed by atoms with Crippen LogP contribution >= 0.6 is 0 Å². The zero-order chi connectivity index (χ0) is 23.7. The summed E-state index contributed by atoms with van der Waals surface area (Å²) >= 11 is 0. The summed E-state index contributed by atoms with van der Waals surface area (Å²) < 4.78 is 39.1. The van der Waals surface area contributed by atoms with Crippen LogP contribution in [0.5, 0.6) is 0 Å². The second-order valence-electron chi connectivity index (χ2n) is 8.42. The number of hydrogen-bond acceptors (Lipinski definition) is 3. The van der Waals surface area contributed by atoms with Crippen LogP contribution in [0.3, 0.4) is 0 Å². The highest BCUT2D eigenvalue weighted by Crippen LogP contribution is 2.31. The molecule has 2 heterocycles. The lowest BCUT2D eigenvalue weighted by Crippen LogP contribution is -2.31. The number of para-hydroxylation sites is 1. The van der Waals surface area contributed by atoms with Crippen molar-refractivity contribution in [2.75, 3.05) is 11.9 Å². The molecule has 1 aliphatic heterocycles. The molecule has 0 bridgehead atoms. The van der Waals surface area contributed by atoms with E-state index in [1.165, 1.54) is 17.7 Å². The monoisotopic (exact) mass is 461 g/mol. The fourth-order valence-corrected chi connectivity index (χ4v) is 4.49. The quantitative estimate of drug-likeness (QED) is 0.402. The smallest absolute Gasteiger partial charge is 0.322 e. The van der Waals surface area contributed by atoms with Gasteiger partial charge in [0.1, 0.15) is 0 Å². The number of rotatable bonds is 4. The lowest BCUT2D eigenvalue weighted by molar-refractivity contribution is -0.137. The van der Waals surface area contributed by atoms with Crippen molar-refractivity contribution in [2.24, 2.45) is 0 Å². The van der Waals surface area contributed by atoms with E-state index in [1.54, 1.807) is 6.07 Å². The molecule has 1 amide bonds. The van der Waals surface area contributed by atoms with Gasteiger partial charge in [0, 0.05) is 42.5 Å². The Labute approximate surface area is 195 Å². The molecule has 0 radical (unpaired) electrons. The minimum atomic E-state index is -4.49. The second kappa shape index (κ2) is 8.91. The highest BCUT2D eigenvalue weighted by molar-refractivity contribution is 6.04. The number of anilines is 1. The van der Waals surface area contributed by atoms with E-state index in [4.69, 9.17) is 0 Å². The maximum absolute atomic E-state index is 13.0. The van der Waals surface area contributed by atoms with Gasteiger partial charge in [0.15, 0.2) is 0 Å². The maximum atomic E-state index is 13.0. The maximum Gasteiger partial charge on any atom is 0.416 e. The van der Waals surface area contributed by atoms with E-state index in [-0.39, 0.29) is 5.56 Å². The molecule has 0 fully saturated rings. The van der Waals surface area contributed by atoms with Crippen molar-refractivity contribution < 1.29 is 18.0 Å². The topological polar surface area (TPSA) is 45.2 Å². The first-order chi connectivity index (χ1) is 16.4. The number of carbonyl (C=O) groups excluding carboxylic acids is 1. The number of nitrogens with zero attached hydrogens (tertiary/aromatic N) is 2. The van der Waals surface area contributed by atoms with Gasteiger partial charge < -0.3 is 5.32 Å². The van der Waals surface area contributed by atoms with Crippen molar-refractivity contribution >= 4 is 22.5 Å². The lowest BCUT2D eigenvalue weighted by atomic mass is 9.96. The Morgan fingerprint density at radius 1 is 1.00 bits per heavy atom. The van der Waals surface area contributed by atoms with Crippen LogP contribution in [-0.4, -0.2) is 22.3 Å². The summed E-state index contributed by atoms with van der Waals surface area (Å²) in [4.78, 5) is 19.5. The minimum absolute atomic E-state index is 0.0190. The molecule has 4 nitrogen and oxygen atoms in total. The number of carbonyl (C=O) groups is 1. The van der Waals surface area contributed by atoms with Crippen LogP contribution in [0.15, 0.2) is 79.0 Å². The molecule has 0 atom stereocenters. The number of pyridine rings is 1. The largest absolute Gasteiger partial charge is 0.416 e. The van der Waals surface area contributed by atoms with Crippen molar-refractivity contribution in [3.63, 3.8) is 0 Å². The van der Waals surface area contributed by atoms with Crippen LogP contribution in [0.4, 0.5) is 18.9 Å². The molecule has 34 heavy (non-hydrogen) atoms. The number of aromatic nitrogens is 1. The molecule has 4 aromatic rings. The van der Waals surface area contributed by atoms with E-state index in [9.17, 15) is 18.0 Å². The predicted octanol–water partition coefficient (Wildman–Crippen LogP) is 6.06. The normalized spacial score (nSPS) is 14.1. The Balaban J connectivity index is 1.33. The molecule has 0 aliphatic carbocycles. The standard InChI is InChI=1S/C27H22F3N3O/c28-27(29,30)21-7-3-5-18(15-21)26(34)32-25-10-4-6-19-16-33(14-12-23(19)25)17-20-11-13-31-24-9-2-1-8-22(20)24/h1-11,13,15H,12,14,16-17H2,(H,32,34). The van der Waals surface area contributed by atoms with Crippen LogP contribution in [0.1, 0.15) is 32.6 Å². The molecule has 0 saturated heterocycles. The molecular weight excluding hydrogens is 439 g/mol. The van der Waals surface area contributed by atoms with Gasteiger partial charge in [-0.1, -0.05) is 36.4 Å². The van der Waals surface area contributed by atoms with E-state index < -0.39 is 17.6 Å². The van der Waals surface area contributed by atoms with Crippen molar-refractivity contribution in [2.45, 2.75) is 25.7 Å². The minimum Gasteiger partial charge on any atom is -0.322 e. The molecule has 0 spiro atoms. The molecule has 172 valence electrons. The molecule has 1 N–H and O–H groups in total. The summed E-state index contributed by atoms with van der Waals surface area (Å²) in [5, 5.41) is 3.96. The number of alkyl halides is 3. The zero-order valence-electron chi connectivity index (χ0n) is 18.3. The predicted molar refractivity (Wildman–Crippen MR) is 125 cm³/mol. The highest BCUT2D eigenvalue weighted by atomic mass is 19.4. The van der Waals surface area contributed by atoms with E-state index in [0.29, 0.717) is 5.69 Å². The molecule has 0 saturated carbocycles. The summed E-state index contributed by atoms with van der Waals surface area (Å²) in [6.45, 7) is 2.31. The van der Waals surface area contributed by atoms with Crippen molar-refractivity contribution in [3.05, 3.63) is 107 Å². The Hall–Kier alpha value is -3.71. The Morgan fingerprint density at radius 3 is 2.68 bits per heavy atom. The summed E-state index contributed by atoms with van der Waals surface area (Å²) in [7, 11) is 0. The molecular formula is C27H22F3N3O. The zero-order valence-corrected chi connectivity index (χ0v) is 18.3. The summed E-state index contributed by atoms with van der Waals surface area (Å²) in [6.07, 6.45) is -1.93. The molecule has 7 heteroatoms. The third kappa shape index (κ3) is 4.52. The van der Waals surface area contributed by atoms with Gasteiger partial charge in [-0.2, -0.15) is 13.2 Å². The third-order valence-corrected chi connectivity index (χ3v) is 6.18. The van der Waals surface area contributed by atoms with Crippen LogP contribution in [-0.2, 0) is 25.7 Å². The fourth-order valence-electron chi connectivity index (χ4n) is 4.49. The Kier molecular flexibility index (Phi) is 5.79. The highest BCUT2D eigenvalue weighted by Gasteiger charge is 2.31. The average Bonchev–Trinajstić information content (AvgIpc) is 2.84. The number of fused-ring (bicyclic) bond motifs is 2. The van der Waals surface area contributed by atoms with E-state index >= 15 is 0 Å². The van der Waals surface area contributed by atoms with E-state index in [1.807, 2.05) is 42.6 Å². The van der Waals surface area contributed by atoms with Crippen LogP contribution in [0.2, 0.25) is 0 Å².